The first-order chi connectivity index (χ1) is 10.6. The van der Waals surface area contributed by atoms with Gasteiger partial charge in [0.25, 0.3) is 0 Å². The third-order valence-corrected chi connectivity index (χ3v) is 5.05. The normalized spacial score (nSPS) is 20.3. The number of halogens is 2. The number of amides is 1. The van der Waals surface area contributed by atoms with Crippen LogP contribution in [0.5, 0.6) is 5.75 Å². The van der Waals surface area contributed by atoms with E-state index in [9.17, 15) is 4.79 Å². The van der Waals surface area contributed by atoms with Crippen molar-refractivity contribution in [3.63, 3.8) is 0 Å². The first-order valence-corrected chi connectivity index (χ1v) is 8.48. The van der Waals surface area contributed by atoms with Gasteiger partial charge in [-0.05, 0) is 30.9 Å². The summed E-state index contributed by atoms with van der Waals surface area (Å²) in [5, 5.41) is 0.603. The van der Waals surface area contributed by atoms with Crippen molar-refractivity contribution >= 4 is 29.9 Å². The number of nitrogens with two attached hydrogens (primary N) is 1. The molecule has 0 bridgehead atoms. The van der Waals surface area contributed by atoms with E-state index in [1.165, 1.54) is 19.3 Å². The summed E-state index contributed by atoms with van der Waals surface area (Å²) in [7, 11) is 0. The minimum atomic E-state index is -0.346. The predicted molar refractivity (Wildman–Crippen MR) is 94.2 cm³/mol. The molecule has 4 nitrogen and oxygen atoms in total. The second-order valence-corrected chi connectivity index (χ2v) is 6.74. The number of carbonyl (C=O) groups excluding carboxylic acids is 1. The van der Waals surface area contributed by atoms with E-state index < -0.39 is 0 Å². The molecular weight excluding hydrogens is 335 g/mol. The number of carbonyl (C=O) groups is 1. The Labute approximate surface area is 148 Å². The number of hydrogen-bond acceptors (Lipinski definition) is 3. The van der Waals surface area contributed by atoms with Crippen molar-refractivity contribution in [3.8, 4) is 5.75 Å². The number of benzene rings is 1. The molecule has 0 radical (unpaired) electrons. The summed E-state index contributed by atoms with van der Waals surface area (Å²) in [5.41, 5.74) is 6.17. The molecule has 1 saturated heterocycles. The van der Waals surface area contributed by atoms with Gasteiger partial charge in [0.05, 0.1) is 24.2 Å². The lowest BCUT2D eigenvalue weighted by Gasteiger charge is -2.41. The summed E-state index contributed by atoms with van der Waals surface area (Å²) in [6.07, 6.45) is 5.85. The van der Waals surface area contributed by atoms with Gasteiger partial charge in [0.1, 0.15) is 11.9 Å². The second kappa shape index (κ2) is 8.22. The van der Waals surface area contributed by atoms with Gasteiger partial charge in [-0.25, -0.2) is 0 Å². The van der Waals surface area contributed by atoms with Crippen LogP contribution in [0.3, 0.4) is 0 Å². The molecule has 1 amide bonds. The van der Waals surface area contributed by atoms with Gasteiger partial charge in [0.15, 0.2) is 0 Å². The van der Waals surface area contributed by atoms with Crippen molar-refractivity contribution in [3.05, 3.63) is 29.3 Å². The van der Waals surface area contributed by atoms with Gasteiger partial charge >= 0.3 is 0 Å². The lowest BCUT2D eigenvalue weighted by atomic mass is 9.83. The van der Waals surface area contributed by atoms with E-state index in [-0.39, 0.29) is 30.5 Å². The zero-order chi connectivity index (χ0) is 15.5. The number of nitrogens with zero attached hydrogens (tertiary/aromatic N) is 1. The van der Waals surface area contributed by atoms with Crippen LogP contribution in [0.1, 0.15) is 32.1 Å². The smallest absolute Gasteiger partial charge is 0.240 e. The molecule has 23 heavy (non-hydrogen) atoms. The molecule has 128 valence electrons. The Hall–Kier alpha value is -0.970. The van der Waals surface area contributed by atoms with E-state index in [2.05, 4.69) is 0 Å². The number of para-hydroxylation sites is 1. The van der Waals surface area contributed by atoms with Crippen molar-refractivity contribution in [1.82, 2.24) is 4.90 Å². The second-order valence-electron chi connectivity index (χ2n) is 6.34. The fourth-order valence-electron chi connectivity index (χ4n) is 3.32. The van der Waals surface area contributed by atoms with Crippen LogP contribution in [0, 0.1) is 5.92 Å². The maximum atomic E-state index is 12.4. The molecule has 2 fully saturated rings. The lowest BCUT2D eigenvalue weighted by Crippen LogP contribution is -2.61. The molecule has 0 aromatic heterocycles. The molecule has 3 rings (SSSR count). The highest BCUT2D eigenvalue weighted by Gasteiger charge is 2.37. The predicted octanol–water partition coefficient (Wildman–Crippen LogP) is 3.26. The summed E-state index contributed by atoms with van der Waals surface area (Å²) < 4.78 is 5.82. The van der Waals surface area contributed by atoms with Crippen LogP contribution in [0.4, 0.5) is 0 Å². The highest BCUT2D eigenvalue weighted by Crippen LogP contribution is 2.29. The summed E-state index contributed by atoms with van der Waals surface area (Å²) >= 11 is 6.07. The number of hydrogen-bond donors (Lipinski definition) is 1. The third-order valence-electron chi connectivity index (χ3n) is 4.73. The van der Waals surface area contributed by atoms with Crippen LogP contribution < -0.4 is 10.5 Å². The molecule has 1 aliphatic heterocycles. The van der Waals surface area contributed by atoms with E-state index in [1.54, 1.807) is 11.0 Å². The van der Waals surface area contributed by atoms with Gasteiger partial charge in [0.2, 0.25) is 5.91 Å². The van der Waals surface area contributed by atoms with Gasteiger partial charge in [-0.1, -0.05) is 43.0 Å². The first-order valence-electron chi connectivity index (χ1n) is 8.10. The van der Waals surface area contributed by atoms with Crippen molar-refractivity contribution in [2.45, 2.75) is 44.2 Å². The van der Waals surface area contributed by atoms with E-state index in [0.717, 1.165) is 12.8 Å². The van der Waals surface area contributed by atoms with Crippen molar-refractivity contribution in [2.24, 2.45) is 11.7 Å². The SMILES string of the molecule is Cl.N[C@H](C(=O)N1CC(Oc2ccccc2Cl)C1)C1CCCCC1. The monoisotopic (exact) mass is 358 g/mol. The molecule has 0 unspecified atom stereocenters. The van der Waals surface area contributed by atoms with Gasteiger partial charge in [-0.2, -0.15) is 0 Å². The Morgan fingerprint density at radius 3 is 2.52 bits per heavy atom. The topological polar surface area (TPSA) is 55.6 Å². The Kier molecular flexibility index (Phi) is 6.57. The van der Waals surface area contributed by atoms with Crippen LogP contribution in [-0.4, -0.2) is 36.0 Å². The largest absolute Gasteiger partial charge is 0.485 e. The molecule has 1 aromatic rings. The van der Waals surface area contributed by atoms with Gasteiger partial charge < -0.3 is 15.4 Å². The Morgan fingerprint density at radius 1 is 1.22 bits per heavy atom. The highest BCUT2D eigenvalue weighted by molar-refractivity contribution is 6.32. The molecule has 1 aliphatic carbocycles. The average molecular weight is 359 g/mol. The minimum Gasteiger partial charge on any atom is -0.485 e. The summed E-state index contributed by atoms with van der Waals surface area (Å²) in [6, 6.07) is 7.07. The molecular formula is C17H24Cl2N2O2. The lowest BCUT2D eigenvalue weighted by molar-refractivity contribution is -0.143. The summed E-state index contributed by atoms with van der Waals surface area (Å²) in [4.78, 5) is 14.2. The highest BCUT2D eigenvalue weighted by atomic mass is 35.5. The van der Waals surface area contributed by atoms with Crippen molar-refractivity contribution < 1.29 is 9.53 Å². The van der Waals surface area contributed by atoms with Gasteiger partial charge in [-0.15, -0.1) is 12.4 Å². The first kappa shape index (κ1) is 18.4. The molecule has 1 aromatic carbocycles. The average Bonchev–Trinajstić information content (AvgIpc) is 2.51. The fraction of sp³-hybridized carbons (Fsp3) is 0.588. The maximum Gasteiger partial charge on any atom is 0.240 e. The Morgan fingerprint density at radius 2 is 1.87 bits per heavy atom. The van der Waals surface area contributed by atoms with E-state index in [0.29, 0.717) is 29.8 Å². The molecule has 2 aliphatic rings. The van der Waals surface area contributed by atoms with Gasteiger partial charge in [0, 0.05) is 0 Å². The van der Waals surface area contributed by atoms with E-state index >= 15 is 0 Å². The van der Waals surface area contributed by atoms with Crippen LogP contribution >= 0.6 is 24.0 Å². The Balaban J connectivity index is 0.00000192. The van der Waals surface area contributed by atoms with Gasteiger partial charge in [-0.3, -0.25) is 4.79 Å². The molecule has 1 atom stereocenters. The molecule has 1 saturated carbocycles. The standard InChI is InChI=1S/C17H23ClN2O2.ClH/c18-14-8-4-5-9-15(14)22-13-10-20(11-13)17(21)16(19)12-6-2-1-3-7-12;/h4-5,8-9,12-13,16H,1-3,6-7,10-11,19H2;1H/t16-;/m0./s1. The minimum absolute atomic E-state index is 0. The van der Waals surface area contributed by atoms with E-state index in [4.69, 9.17) is 22.1 Å². The third kappa shape index (κ3) is 4.31. The maximum absolute atomic E-state index is 12.4. The molecule has 2 N–H and O–H groups in total. The Bertz CT molecular complexity index is 529. The summed E-state index contributed by atoms with van der Waals surface area (Å²) in [5.74, 6) is 1.11. The molecule has 1 heterocycles. The van der Waals surface area contributed by atoms with Crippen molar-refractivity contribution in [2.75, 3.05) is 13.1 Å². The van der Waals surface area contributed by atoms with Crippen LogP contribution in [0.15, 0.2) is 24.3 Å². The molecule has 0 spiro atoms. The molecule has 6 heteroatoms. The van der Waals surface area contributed by atoms with Crippen LogP contribution in [0.25, 0.3) is 0 Å². The number of rotatable bonds is 4. The quantitative estimate of drug-likeness (QED) is 0.898. The zero-order valence-corrected chi connectivity index (χ0v) is 14.7. The number of likely N-dealkylation sites (tertiary alicyclic amines) is 1. The number of ether oxygens (including phenoxy) is 1. The van der Waals surface area contributed by atoms with Crippen LogP contribution in [-0.2, 0) is 4.79 Å². The summed E-state index contributed by atoms with van der Waals surface area (Å²) in [6.45, 7) is 1.20. The van der Waals surface area contributed by atoms with E-state index in [1.807, 2.05) is 18.2 Å². The van der Waals surface area contributed by atoms with Crippen LogP contribution in [0.2, 0.25) is 5.02 Å². The zero-order valence-electron chi connectivity index (χ0n) is 13.1. The fourth-order valence-corrected chi connectivity index (χ4v) is 3.50. The van der Waals surface area contributed by atoms with Crippen molar-refractivity contribution in [1.29, 1.82) is 0 Å².